The lowest BCUT2D eigenvalue weighted by molar-refractivity contribution is -0.384. The van der Waals surface area contributed by atoms with Crippen molar-refractivity contribution in [1.29, 1.82) is 0 Å². The summed E-state index contributed by atoms with van der Waals surface area (Å²) in [7, 11) is 0. The molecule has 0 aliphatic heterocycles. The molecule has 0 amide bonds. The Labute approximate surface area is 192 Å². The lowest BCUT2D eigenvalue weighted by Gasteiger charge is -2.06. The molecule has 0 unspecified atom stereocenters. The summed E-state index contributed by atoms with van der Waals surface area (Å²) < 4.78 is 1.41. The highest BCUT2D eigenvalue weighted by Crippen LogP contribution is 2.31. The highest BCUT2D eigenvalue weighted by atomic mass is 35.5. The van der Waals surface area contributed by atoms with E-state index in [-0.39, 0.29) is 11.2 Å². The smallest absolute Gasteiger partial charge is 0.273 e. The number of nitrogens with one attached hydrogen (secondary N) is 1. The van der Waals surface area contributed by atoms with Crippen molar-refractivity contribution >= 4 is 22.9 Å². The van der Waals surface area contributed by atoms with Crippen molar-refractivity contribution in [3.05, 3.63) is 116 Å². The van der Waals surface area contributed by atoms with Crippen LogP contribution in [0.5, 0.6) is 0 Å². The summed E-state index contributed by atoms with van der Waals surface area (Å²) in [4.78, 5) is 32.3. The second-order valence-corrected chi connectivity index (χ2v) is 7.88. The third-order valence-electron chi connectivity index (χ3n) is 5.33. The van der Waals surface area contributed by atoms with Crippen molar-refractivity contribution in [1.82, 2.24) is 19.6 Å². The van der Waals surface area contributed by atoms with Crippen LogP contribution in [-0.2, 0) is 6.42 Å². The van der Waals surface area contributed by atoms with E-state index >= 15 is 0 Å². The first-order valence-electron chi connectivity index (χ1n) is 10.0. The minimum Gasteiger partial charge on any atom is -0.293 e. The Morgan fingerprint density at radius 1 is 0.970 bits per heavy atom. The van der Waals surface area contributed by atoms with Gasteiger partial charge in [0.25, 0.3) is 11.2 Å². The van der Waals surface area contributed by atoms with Crippen LogP contribution in [0.1, 0.15) is 11.3 Å². The number of H-pyrrole nitrogens is 1. The molecule has 162 valence electrons. The van der Waals surface area contributed by atoms with Gasteiger partial charge in [-0.3, -0.25) is 25.0 Å². The maximum Gasteiger partial charge on any atom is 0.273 e. The van der Waals surface area contributed by atoms with Crippen LogP contribution in [0.25, 0.3) is 28.0 Å². The fraction of sp³-hybridized carbons (Fsp3) is 0.0417. The number of halogens is 1. The molecule has 0 spiro atoms. The molecule has 0 bridgehead atoms. The normalized spacial score (nSPS) is 11.1. The van der Waals surface area contributed by atoms with Crippen molar-refractivity contribution in [3.63, 3.8) is 0 Å². The van der Waals surface area contributed by atoms with Crippen LogP contribution in [0.4, 0.5) is 5.69 Å². The highest BCUT2D eigenvalue weighted by Gasteiger charge is 2.18. The Hall–Kier alpha value is -4.30. The van der Waals surface area contributed by atoms with Gasteiger partial charge in [0.15, 0.2) is 5.65 Å². The van der Waals surface area contributed by atoms with Gasteiger partial charge in [0, 0.05) is 58.9 Å². The van der Waals surface area contributed by atoms with Crippen LogP contribution >= 0.6 is 11.6 Å². The average Bonchev–Trinajstić information content (AvgIpc) is 3.19. The van der Waals surface area contributed by atoms with Gasteiger partial charge in [0.2, 0.25) is 0 Å². The van der Waals surface area contributed by atoms with Crippen LogP contribution in [0, 0.1) is 10.1 Å². The summed E-state index contributed by atoms with van der Waals surface area (Å²) in [5, 5.41) is 14.8. The third-order valence-corrected chi connectivity index (χ3v) is 5.58. The van der Waals surface area contributed by atoms with Gasteiger partial charge in [-0.1, -0.05) is 23.7 Å². The Bertz CT molecular complexity index is 1530. The number of non-ortho nitro benzene ring substituents is 1. The summed E-state index contributed by atoms with van der Waals surface area (Å²) in [5.41, 5.74) is 4.66. The number of aromatic nitrogens is 4. The molecular formula is C24H16ClN5O3. The largest absolute Gasteiger partial charge is 0.293 e. The number of fused-ring (bicyclic) bond motifs is 1. The maximum absolute atomic E-state index is 13.0. The Balaban J connectivity index is 1.71. The molecule has 2 aromatic carbocycles. The van der Waals surface area contributed by atoms with E-state index in [1.54, 1.807) is 36.7 Å². The molecule has 0 radical (unpaired) electrons. The predicted octanol–water partition coefficient (Wildman–Crippen LogP) is 4.90. The summed E-state index contributed by atoms with van der Waals surface area (Å²) in [5.74, 6) is 0. The van der Waals surface area contributed by atoms with Crippen molar-refractivity contribution < 1.29 is 4.92 Å². The molecule has 0 saturated heterocycles. The molecule has 5 aromatic rings. The molecule has 8 nitrogen and oxygen atoms in total. The Morgan fingerprint density at radius 2 is 1.64 bits per heavy atom. The minimum atomic E-state index is -0.467. The number of rotatable bonds is 5. The van der Waals surface area contributed by atoms with Crippen LogP contribution < -0.4 is 5.56 Å². The lowest BCUT2D eigenvalue weighted by atomic mass is 10.0. The Morgan fingerprint density at radius 3 is 2.30 bits per heavy atom. The SMILES string of the molecule is O=c1cc(-c2ccc([N+](=O)[O-])cc2)nc2c(-c3ccc(Cl)cc3)c(Cc3ccncc3)[nH]n12. The summed E-state index contributed by atoms with van der Waals surface area (Å²) in [6, 6.07) is 18.5. The second kappa shape index (κ2) is 8.33. The number of nitro groups is 1. The summed E-state index contributed by atoms with van der Waals surface area (Å²) >= 11 is 6.09. The van der Waals surface area contributed by atoms with E-state index < -0.39 is 4.92 Å². The molecule has 0 fully saturated rings. The van der Waals surface area contributed by atoms with Crippen molar-refractivity contribution in [2.75, 3.05) is 0 Å². The quantitative estimate of drug-likeness (QED) is 0.298. The van der Waals surface area contributed by atoms with Gasteiger partial charge in [-0.05, 0) is 47.5 Å². The van der Waals surface area contributed by atoms with Crippen LogP contribution in [0.3, 0.4) is 0 Å². The zero-order chi connectivity index (χ0) is 22.9. The van der Waals surface area contributed by atoms with E-state index in [0.717, 1.165) is 22.4 Å². The molecule has 9 heteroatoms. The van der Waals surface area contributed by atoms with Gasteiger partial charge in [0.05, 0.1) is 10.6 Å². The fourth-order valence-corrected chi connectivity index (χ4v) is 3.86. The van der Waals surface area contributed by atoms with E-state index in [1.807, 2.05) is 24.3 Å². The fourth-order valence-electron chi connectivity index (χ4n) is 3.74. The van der Waals surface area contributed by atoms with Crippen molar-refractivity contribution in [2.24, 2.45) is 0 Å². The van der Waals surface area contributed by atoms with Gasteiger partial charge in [-0.2, -0.15) is 0 Å². The standard InChI is InChI=1S/C24H16ClN5O3/c25-18-5-1-17(2-6-18)23-21(13-15-9-11-26-12-10-15)28-29-22(31)14-20(27-24(23)29)16-3-7-19(8-4-16)30(32)33/h1-12,14,28H,13H2. The summed E-state index contributed by atoms with van der Waals surface area (Å²) in [6.45, 7) is 0. The van der Waals surface area contributed by atoms with Gasteiger partial charge in [-0.15, -0.1) is 0 Å². The number of aromatic amines is 1. The predicted molar refractivity (Wildman–Crippen MR) is 125 cm³/mol. The van der Waals surface area contributed by atoms with Gasteiger partial charge < -0.3 is 0 Å². The lowest BCUT2D eigenvalue weighted by Crippen LogP contribution is -2.14. The average molecular weight is 458 g/mol. The van der Waals surface area contributed by atoms with E-state index in [2.05, 4.69) is 10.1 Å². The maximum atomic E-state index is 13.0. The van der Waals surface area contributed by atoms with E-state index in [4.69, 9.17) is 16.6 Å². The van der Waals surface area contributed by atoms with E-state index in [0.29, 0.717) is 28.3 Å². The number of benzene rings is 2. The van der Waals surface area contributed by atoms with Crippen LogP contribution in [0.2, 0.25) is 5.02 Å². The first-order valence-corrected chi connectivity index (χ1v) is 10.4. The third kappa shape index (κ3) is 3.99. The molecule has 0 aliphatic rings. The van der Waals surface area contributed by atoms with Crippen LogP contribution in [-0.4, -0.2) is 24.5 Å². The van der Waals surface area contributed by atoms with Crippen molar-refractivity contribution in [3.8, 4) is 22.4 Å². The zero-order valence-corrected chi connectivity index (χ0v) is 17.9. The first kappa shape index (κ1) is 20.6. The zero-order valence-electron chi connectivity index (χ0n) is 17.1. The van der Waals surface area contributed by atoms with Crippen molar-refractivity contribution in [2.45, 2.75) is 6.42 Å². The molecule has 0 saturated carbocycles. The molecular weight excluding hydrogens is 442 g/mol. The first-order chi connectivity index (χ1) is 16.0. The van der Waals surface area contributed by atoms with Gasteiger partial charge in [-0.25, -0.2) is 9.50 Å². The number of nitrogens with zero attached hydrogens (tertiary/aromatic N) is 4. The number of hydrogen-bond acceptors (Lipinski definition) is 5. The molecule has 1 N–H and O–H groups in total. The molecule has 3 aromatic heterocycles. The molecule has 0 aliphatic carbocycles. The highest BCUT2D eigenvalue weighted by molar-refractivity contribution is 6.30. The monoisotopic (exact) mass is 457 g/mol. The molecule has 0 atom stereocenters. The van der Waals surface area contributed by atoms with E-state index in [1.165, 1.54) is 22.7 Å². The minimum absolute atomic E-state index is 0.0281. The number of pyridine rings is 1. The topological polar surface area (TPSA) is 106 Å². The number of hydrogen-bond donors (Lipinski definition) is 1. The molecule has 33 heavy (non-hydrogen) atoms. The second-order valence-electron chi connectivity index (χ2n) is 7.45. The Kier molecular flexibility index (Phi) is 5.20. The molecule has 3 heterocycles. The van der Waals surface area contributed by atoms with Crippen LogP contribution in [0.15, 0.2) is 83.9 Å². The van der Waals surface area contributed by atoms with E-state index in [9.17, 15) is 14.9 Å². The van der Waals surface area contributed by atoms with Gasteiger partial charge >= 0.3 is 0 Å². The molecule has 5 rings (SSSR count). The number of nitro benzene ring substituents is 1. The van der Waals surface area contributed by atoms with Gasteiger partial charge in [0.1, 0.15) is 0 Å². The summed E-state index contributed by atoms with van der Waals surface area (Å²) in [6.07, 6.45) is 3.98.